The molecule has 4 aromatic rings. The Morgan fingerprint density at radius 2 is 1.62 bits per heavy atom. The fraction of sp³-hybridized carbons (Fsp3) is 0.250. The van der Waals surface area contributed by atoms with Crippen LogP contribution in [0.5, 0.6) is 5.75 Å². The summed E-state index contributed by atoms with van der Waals surface area (Å²) < 4.78 is 48.2. The molecule has 1 saturated heterocycles. The number of benzene rings is 1. The molecule has 11 nitrogen and oxygen atoms in total. The van der Waals surface area contributed by atoms with Gasteiger partial charge < -0.3 is 19.0 Å². The van der Waals surface area contributed by atoms with Gasteiger partial charge in [0.1, 0.15) is 5.75 Å². The van der Waals surface area contributed by atoms with E-state index in [4.69, 9.17) is 4.42 Å². The molecule has 39 heavy (non-hydrogen) atoms. The number of ether oxygens (including phenoxy) is 1. The van der Waals surface area contributed by atoms with E-state index in [1.807, 2.05) is 0 Å². The van der Waals surface area contributed by atoms with E-state index in [1.165, 1.54) is 34.8 Å². The summed E-state index contributed by atoms with van der Waals surface area (Å²) in [6.45, 7) is 1.16. The van der Waals surface area contributed by atoms with Gasteiger partial charge in [0.05, 0.1) is 17.6 Å². The topological polar surface area (TPSA) is 119 Å². The summed E-state index contributed by atoms with van der Waals surface area (Å²) in [7, 11) is 0. The largest absolute Gasteiger partial charge is 0.573 e. The molecule has 0 saturated carbocycles. The highest BCUT2D eigenvalue weighted by atomic mass is 32.2. The molecule has 3 aromatic heterocycles. The second-order valence-electron chi connectivity index (χ2n) is 8.22. The monoisotopic (exact) mass is 559 g/mol. The minimum Gasteiger partial charge on any atom is -0.459 e. The van der Waals surface area contributed by atoms with Crippen LogP contribution in [-0.4, -0.2) is 79.1 Å². The highest BCUT2D eigenvalue weighted by Gasteiger charge is 2.32. The number of halogens is 3. The van der Waals surface area contributed by atoms with Crippen LogP contribution in [0.4, 0.5) is 13.2 Å². The van der Waals surface area contributed by atoms with Crippen molar-refractivity contribution in [2.75, 3.05) is 26.2 Å². The van der Waals surface area contributed by atoms with Gasteiger partial charge in [0.25, 0.3) is 11.8 Å². The number of nitrogens with zero attached hydrogens (tertiary/aromatic N) is 7. The average molecular weight is 560 g/mol. The zero-order valence-corrected chi connectivity index (χ0v) is 20.9. The molecule has 0 spiro atoms. The van der Waals surface area contributed by atoms with Crippen LogP contribution >= 0.6 is 11.8 Å². The third-order valence-electron chi connectivity index (χ3n) is 5.75. The standard InChI is InChI=1S/C24H20F3N7O4S/c25-24(26,27)38-17-6-4-16(5-7-17)34-18(15-39-23-28-8-2-9-29-23)20(30-31-34)22(36)33-12-10-32(11-13-33)21(35)19-3-1-14-37-19/h1-9,14H,10-13,15H2. The molecule has 1 aliphatic rings. The molecule has 15 heteroatoms. The van der Waals surface area contributed by atoms with Gasteiger partial charge in [-0.3, -0.25) is 9.59 Å². The molecule has 1 aromatic carbocycles. The van der Waals surface area contributed by atoms with Crippen molar-refractivity contribution in [2.24, 2.45) is 0 Å². The number of amides is 2. The number of rotatable bonds is 7. The summed E-state index contributed by atoms with van der Waals surface area (Å²) >= 11 is 1.25. The average Bonchev–Trinajstić information content (AvgIpc) is 3.62. The van der Waals surface area contributed by atoms with E-state index in [1.54, 1.807) is 40.4 Å². The highest BCUT2D eigenvalue weighted by Crippen LogP contribution is 2.27. The molecule has 0 bridgehead atoms. The number of furan rings is 1. The smallest absolute Gasteiger partial charge is 0.459 e. The predicted octanol–water partition coefficient (Wildman–Crippen LogP) is 3.44. The minimum absolute atomic E-state index is 0.0832. The molecule has 2 amide bonds. The number of piperazine rings is 1. The molecule has 1 aliphatic heterocycles. The fourth-order valence-corrected chi connectivity index (χ4v) is 4.70. The van der Waals surface area contributed by atoms with Gasteiger partial charge in [-0.2, -0.15) is 0 Å². The Labute approximate surface area is 223 Å². The highest BCUT2D eigenvalue weighted by molar-refractivity contribution is 7.98. The number of carbonyl (C=O) groups is 2. The summed E-state index contributed by atoms with van der Waals surface area (Å²) in [6.07, 6.45) is -0.231. The summed E-state index contributed by atoms with van der Waals surface area (Å²) in [5.41, 5.74) is 0.880. The Hall–Kier alpha value is -4.40. The fourth-order valence-electron chi connectivity index (χ4n) is 3.90. The third kappa shape index (κ3) is 6.19. The molecule has 0 aliphatic carbocycles. The van der Waals surface area contributed by atoms with Crippen LogP contribution in [0.2, 0.25) is 0 Å². The quantitative estimate of drug-likeness (QED) is 0.248. The van der Waals surface area contributed by atoms with Crippen LogP contribution in [0.3, 0.4) is 0 Å². The van der Waals surface area contributed by atoms with Crippen LogP contribution < -0.4 is 4.74 Å². The van der Waals surface area contributed by atoms with E-state index in [9.17, 15) is 22.8 Å². The van der Waals surface area contributed by atoms with Crippen molar-refractivity contribution in [3.05, 3.63) is 78.3 Å². The van der Waals surface area contributed by atoms with Gasteiger partial charge in [-0.15, -0.1) is 18.3 Å². The maximum Gasteiger partial charge on any atom is 0.573 e. The van der Waals surface area contributed by atoms with Crippen molar-refractivity contribution in [3.63, 3.8) is 0 Å². The Bertz CT molecular complexity index is 1420. The zero-order valence-electron chi connectivity index (χ0n) is 20.1. The van der Waals surface area contributed by atoms with Crippen molar-refractivity contribution in [3.8, 4) is 11.4 Å². The first kappa shape index (κ1) is 26.2. The number of thioether (sulfide) groups is 1. The molecule has 0 unspecified atom stereocenters. The number of aromatic nitrogens is 5. The van der Waals surface area contributed by atoms with E-state index >= 15 is 0 Å². The second-order valence-corrected chi connectivity index (χ2v) is 9.16. The van der Waals surface area contributed by atoms with Crippen molar-refractivity contribution < 1.29 is 31.9 Å². The van der Waals surface area contributed by atoms with Gasteiger partial charge in [0.2, 0.25) is 0 Å². The predicted molar refractivity (Wildman–Crippen MR) is 130 cm³/mol. The Morgan fingerprint density at radius 3 is 2.23 bits per heavy atom. The Morgan fingerprint density at radius 1 is 0.949 bits per heavy atom. The summed E-state index contributed by atoms with van der Waals surface area (Å²) in [6, 6.07) is 9.96. The number of alkyl halides is 3. The number of carbonyl (C=O) groups excluding carboxylic acids is 2. The van der Waals surface area contributed by atoms with Crippen molar-refractivity contribution >= 4 is 23.6 Å². The van der Waals surface area contributed by atoms with Gasteiger partial charge in [-0.25, -0.2) is 14.6 Å². The lowest BCUT2D eigenvalue weighted by atomic mass is 10.2. The van der Waals surface area contributed by atoms with Crippen molar-refractivity contribution in [2.45, 2.75) is 17.3 Å². The molecule has 1 fully saturated rings. The lowest BCUT2D eigenvalue weighted by molar-refractivity contribution is -0.274. The second kappa shape index (κ2) is 11.1. The normalized spacial score (nSPS) is 13.9. The molecule has 4 heterocycles. The molecular weight excluding hydrogens is 539 g/mol. The Kier molecular flexibility index (Phi) is 7.49. The van der Waals surface area contributed by atoms with E-state index in [0.717, 1.165) is 12.1 Å². The molecule has 202 valence electrons. The maximum atomic E-state index is 13.5. The maximum absolute atomic E-state index is 13.5. The van der Waals surface area contributed by atoms with Gasteiger partial charge in [-0.05, 0) is 42.5 Å². The zero-order chi connectivity index (χ0) is 27.4. The third-order valence-corrected chi connectivity index (χ3v) is 6.63. The summed E-state index contributed by atoms with van der Waals surface area (Å²) in [5, 5.41) is 8.70. The number of hydrogen-bond donors (Lipinski definition) is 0. The molecule has 0 N–H and O–H groups in total. The van der Waals surface area contributed by atoms with Gasteiger partial charge in [0.15, 0.2) is 16.6 Å². The Balaban J connectivity index is 1.36. The lowest BCUT2D eigenvalue weighted by Crippen LogP contribution is -2.50. The summed E-state index contributed by atoms with van der Waals surface area (Å²) in [4.78, 5) is 37.6. The van der Waals surface area contributed by atoms with Crippen LogP contribution in [0, 0.1) is 0 Å². The van der Waals surface area contributed by atoms with Gasteiger partial charge in [0, 0.05) is 44.3 Å². The number of hydrogen-bond acceptors (Lipinski definition) is 9. The first-order valence-corrected chi connectivity index (χ1v) is 12.6. The van der Waals surface area contributed by atoms with Crippen molar-refractivity contribution in [1.82, 2.24) is 34.8 Å². The summed E-state index contributed by atoms with van der Waals surface area (Å²) in [5.74, 6) is -0.593. The van der Waals surface area contributed by atoms with Crippen LogP contribution in [-0.2, 0) is 5.75 Å². The molecule has 0 radical (unpaired) electrons. The van der Waals surface area contributed by atoms with E-state index < -0.39 is 12.1 Å². The van der Waals surface area contributed by atoms with E-state index in [2.05, 4.69) is 25.0 Å². The first-order chi connectivity index (χ1) is 18.8. The lowest BCUT2D eigenvalue weighted by Gasteiger charge is -2.34. The van der Waals surface area contributed by atoms with Crippen LogP contribution in [0.15, 0.2) is 70.7 Å². The minimum atomic E-state index is -4.82. The van der Waals surface area contributed by atoms with Crippen LogP contribution in [0.1, 0.15) is 26.7 Å². The SMILES string of the molecule is O=C(c1ccco1)N1CCN(C(=O)c2nnn(-c3ccc(OC(F)(F)F)cc3)c2CSc2ncccn2)CC1. The van der Waals surface area contributed by atoms with E-state index in [0.29, 0.717) is 29.6 Å². The van der Waals surface area contributed by atoms with Crippen molar-refractivity contribution in [1.29, 1.82) is 0 Å². The van der Waals surface area contributed by atoms with Gasteiger partial charge >= 0.3 is 6.36 Å². The molecule has 5 rings (SSSR count). The van der Waals surface area contributed by atoms with Gasteiger partial charge in [-0.1, -0.05) is 17.0 Å². The first-order valence-electron chi connectivity index (χ1n) is 11.6. The molecular formula is C24H20F3N7O4S. The van der Waals surface area contributed by atoms with E-state index in [-0.39, 0.29) is 42.1 Å². The molecule has 0 atom stereocenters. The van der Waals surface area contributed by atoms with Crippen LogP contribution in [0.25, 0.3) is 5.69 Å².